The molecule has 0 aliphatic carbocycles. The van der Waals surface area contributed by atoms with Gasteiger partial charge in [0, 0.05) is 19.6 Å². The first-order chi connectivity index (χ1) is 6.58. The maximum Gasteiger partial charge on any atom is 0.180 e. The van der Waals surface area contributed by atoms with Crippen LogP contribution in [0.3, 0.4) is 0 Å². The van der Waals surface area contributed by atoms with E-state index in [1.54, 1.807) is 4.90 Å². The number of halogens is 3. The lowest BCUT2D eigenvalue weighted by Gasteiger charge is -2.17. The Kier molecular flexibility index (Phi) is 16.8. The molecule has 0 saturated carbocycles. The van der Waals surface area contributed by atoms with Crippen LogP contribution < -0.4 is 0 Å². The lowest BCUT2D eigenvalue weighted by molar-refractivity contribution is 0.136. The third-order valence-electron chi connectivity index (χ3n) is 1.25. The highest BCUT2D eigenvalue weighted by molar-refractivity contribution is 6.63. The third kappa shape index (κ3) is 18.5. The first-order valence-electron chi connectivity index (χ1n) is 4.05. The minimum atomic E-state index is -0.750. The lowest BCUT2D eigenvalue weighted by Crippen LogP contribution is -2.32. The van der Waals surface area contributed by atoms with Crippen LogP contribution >= 0.6 is 34.8 Å². The van der Waals surface area contributed by atoms with Crippen molar-refractivity contribution in [2.75, 3.05) is 39.5 Å². The van der Waals surface area contributed by atoms with E-state index in [0.717, 1.165) is 0 Å². The molecule has 4 nitrogen and oxygen atoms in total. The van der Waals surface area contributed by atoms with Gasteiger partial charge in [-0.05, 0) is 0 Å². The first-order valence-corrected chi connectivity index (χ1v) is 5.36. The van der Waals surface area contributed by atoms with Crippen molar-refractivity contribution < 1.29 is 15.3 Å². The molecule has 14 heavy (non-hydrogen) atoms. The molecule has 0 aromatic heterocycles. The Hall–Kier alpha value is 0.710. The second kappa shape index (κ2) is 13.7. The molecule has 0 spiro atoms. The maximum atomic E-state index is 8.48. The molecule has 7 heteroatoms. The van der Waals surface area contributed by atoms with E-state index in [-0.39, 0.29) is 19.8 Å². The predicted octanol–water partition coefficient (Wildman–Crippen LogP) is 0.252. The minimum Gasteiger partial charge on any atom is -0.395 e. The summed E-state index contributed by atoms with van der Waals surface area (Å²) < 4.78 is -0.750. The summed E-state index contributed by atoms with van der Waals surface area (Å²) in [6.45, 7) is 1.75. The van der Waals surface area contributed by atoms with Gasteiger partial charge in [-0.2, -0.15) is 0 Å². The summed E-state index contributed by atoms with van der Waals surface area (Å²) in [4.78, 5) is 1.79. The van der Waals surface area contributed by atoms with Gasteiger partial charge in [-0.1, -0.05) is 34.8 Å². The molecular formula is C7H16Cl3NO3. The van der Waals surface area contributed by atoms with Crippen molar-refractivity contribution in [3.63, 3.8) is 0 Å². The van der Waals surface area contributed by atoms with Crippen LogP contribution in [0.15, 0.2) is 0 Å². The van der Waals surface area contributed by atoms with Crippen molar-refractivity contribution >= 4 is 34.8 Å². The second-order valence-corrected chi connectivity index (χ2v) is 4.24. The fourth-order valence-electron chi connectivity index (χ4n) is 0.760. The molecule has 0 heterocycles. The highest BCUT2D eigenvalue weighted by atomic mass is 35.6. The zero-order valence-electron chi connectivity index (χ0n) is 7.74. The van der Waals surface area contributed by atoms with Crippen molar-refractivity contribution in [3.8, 4) is 0 Å². The predicted molar refractivity (Wildman–Crippen MR) is 59.0 cm³/mol. The number of aliphatic hydroxyl groups is 3. The van der Waals surface area contributed by atoms with Crippen LogP contribution in [-0.2, 0) is 0 Å². The number of hydrogen-bond donors (Lipinski definition) is 3. The molecule has 0 saturated heterocycles. The van der Waals surface area contributed by atoms with Crippen LogP contribution in [0.2, 0.25) is 0 Å². The van der Waals surface area contributed by atoms with Crippen LogP contribution in [-0.4, -0.2) is 64.0 Å². The molecule has 88 valence electrons. The number of aliphatic hydroxyl groups excluding tert-OH is 3. The van der Waals surface area contributed by atoms with Gasteiger partial charge in [0.15, 0.2) is 4.30 Å². The molecule has 0 atom stereocenters. The summed E-state index contributed by atoms with van der Waals surface area (Å²) in [5.41, 5.74) is 0. The summed E-state index contributed by atoms with van der Waals surface area (Å²) in [5, 5.41) is 25.5. The van der Waals surface area contributed by atoms with Gasteiger partial charge in [0.1, 0.15) is 0 Å². The lowest BCUT2D eigenvalue weighted by atomic mass is 10.4. The van der Waals surface area contributed by atoms with Crippen LogP contribution in [0.25, 0.3) is 0 Å². The van der Waals surface area contributed by atoms with Crippen molar-refractivity contribution in [1.82, 2.24) is 4.90 Å². The average molecular weight is 269 g/mol. The van der Waals surface area contributed by atoms with Crippen LogP contribution in [0, 0.1) is 0 Å². The van der Waals surface area contributed by atoms with Crippen LogP contribution in [0.5, 0.6) is 0 Å². The van der Waals surface area contributed by atoms with E-state index in [1.807, 2.05) is 0 Å². The molecular weight excluding hydrogens is 252 g/mol. The van der Waals surface area contributed by atoms with Gasteiger partial charge in [-0.15, -0.1) is 0 Å². The average Bonchev–Trinajstić information content (AvgIpc) is 2.04. The quantitative estimate of drug-likeness (QED) is 0.605. The highest BCUT2D eigenvalue weighted by Crippen LogP contribution is 2.03. The Morgan fingerprint density at radius 3 is 1.14 bits per heavy atom. The zero-order chi connectivity index (χ0) is 11.4. The largest absolute Gasteiger partial charge is 0.395 e. The normalized spacial score (nSPS) is 10.3. The Balaban J connectivity index is 0. The van der Waals surface area contributed by atoms with Gasteiger partial charge < -0.3 is 15.3 Å². The van der Waals surface area contributed by atoms with Gasteiger partial charge in [0.05, 0.1) is 19.8 Å². The number of rotatable bonds is 6. The van der Waals surface area contributed by atoms with Gasteiger partial charge in [-0.3, -0.25) is 4.90 Å². The van der Waals surface area contributed by atoms with E-state index < -0.39 is 4.30 Å². The van der Waals surface area contributed by atoms with E-state index in [9.17, 15) is 0 Å². The Morgan fingerprint density at radius 2 is 1.00 bits per heavy atom. The van der Waals surface area contributed by atoms with E-state index in [1.165, 1.54) is 0 Å². The molecule has 3 N–H and O–H groups in total. The van der Waals surface area contributed by atoms with Crippen LogP contribution in [0.4, 0.5) is 0 Å². The molecule has 0 aliphatic heterocycles. The highest BCUT2D eigenvalue weighted by Gasteiger charge is 2.00. The number of alkyl halides is 3. The topological polar surface area (TPSA) is 63.9 Å². The molecule has 0 amide bonds. The van der Waals surface area contributed by atoms with E-state index >= 15 is 0 Å². The zero-order valence-corrected chi connectivity index (χ0v) is 10.0. The Bertz CT molecular complexity index is 91.2. The van der Waals surface area contributed by atoms with E-state index in [0.29, 0.717) is 19.6 Å². The standard InChI is InChI=1S/C6H15NO3.CHCl3/c8-4-1-7(2-5-9)3-6-10;2-1(3)4/h8-10H,1-6H2;1H. The number of hydrogen-bond acceptors (Lipinski definition) is 4. The summed E-state index contributed by atoms with van der Waals surface area (Å²) in [7, 11) is 0. The monoisotopic (exact) mass is 267 g/mol. The molecule has 0 aromatic rings. The van der Waals surface area contributed by atoms with Gasteiger partial charge >= 0.3 is 0 Å². The summed E-state index contributed by atoms with van der Waals surface area (Å²) in [6.07, 6.45) is 0. The fraction of sp³-hybridized carbons (Fsp3) is 1.00. The van der Waals surface area contributed by atoms with Crippen molar-refractivity contribution in [2.45, 2.75) is 4.30 Å². The summed E-state index contributed by atoms with van der Waals surface area (Å²) >= 11 is 14.4. The minimum absolute atomic E-state index is 0.0694. The van der Waals surface area contributed by atoms with Gasteiger partial charge in [-0.25, -0.2) is 0 Å². The fourth-order valence-corrected chi connectivity index (χ4v) is 0.760. The molecule has 0 aromatic carbocycles. The SMILES string of the molecule is ClC(Cl)Cl.OCCN(CCO)CCO. The third-order valence-corrected chi connectivity index (χ3v) is 1.25. The summed E-state index contributed by atoms with van der Waals surface area (Å²) in [5.74, 6) is 0. The smallest absolute Gasteiger partial charge is 0.180 e. The maximum absolute atomic E-state index is 8.48. The first kappa shape index (κ1) is 17.1. The van der Waals surface area contributed by atoms with Gasteiger partial charge in [0.2, 0.25) is 0 Å². The second-order valence-electron chi connectivity index (χ2n) is 2.26. The summed E-state index contributed by atoms with van der Waals surface area (Å²) in [6, 6.07) is 0. The molecule has 0 bridgehead atoms. The number of nitrogens with zero attached hydrogens (tertiary/aromatic N) is 1. The van der Waals surface area contributed by atoms with E-state index in [2.05, 4.69) is 0 Å². The van der Waals surface area contributed by atoms with Crippen molar-refractivity contribution in [3.05, 3.63) is 0 Å². The molecule has 0 unspecified atom stereocenters. The van der Waals surface area contributed by atoms with Crippen molar-refractivity contribution in [2.24, 2.45) is 0 Å². The molecule has 0 fully saturated rings. The molecule has 0 radical (unpaired) electrons. The Labute approximate surface area is 99.0 Å². The molecule has 0 rings (SSSR count). The van der Waals surface area contributed by atoms with Gasteiger partial charge in [0.25, 0.3) is 0 Å². The van der Waals surface area contributed by atoms with E-state index in [4.69, 9.17) is 50.1 Å². The molecule has 0 aliphatic rings. The van der Waals surface area contributed by atoms with Crippen LogP contribution in [0.1, 0.15) is 0 Å². The van der Waals surface area contributed by atoms with Crippen molar-refractivity contribution in [1.29, 1.82) is 0 Å². The Morgan fingerprint density at radius 1 is 0.786 bits per heavy atom.